The second kappa shape index (κ2) is 7.18. The number of hydrogen-bond donors (Lipinski definition) is 1. The van der Waals surface area contributed by atoms with Gasteiger partial charge in [0.2, 0.25) is 0 Å². The van der Waals surface area contributed by atoms with Crippen molar-refractivity contribution in [1.29, 1.82) is 0 Å². The van der Waals surface area contributed by atoms with Crippen molar-refractivity contribution in [2.45, 2.75) is 38.5 Å². The van der Waals surface area contributed by atoms with Crippen LogP contribution in [0.3, 0.4) is 0 Å². The summed E-state index contributed by atoms with van der Waals surface area (Å²) in [6.07, 6.45) is 5.35. The molecule has 0 aromatic heterocycles. The molecule has 0 bridgehead atoms. The minimum Gasteiger partial charge on any atom is -0.508 e. The van der Waals surface area contributed by atoms with Crippen LogP contribution < -0.4 is 0 Å². The summed E-state index contributed by atoms with van der Waals surface area (Å²) in [6, 6.07) is 15.7. The fourth-order valence-electron chi connectivity index (χ4n) is 3.12. The van der Waals surface area contributed by atoms with Gasteiger partial charge in [-0.15, -0.1) is 0 Å². The van der Waals surface area contributed by atoms with Crippen LogP contribution in [0.25, 0.3) is 0 Å². The van der Waals surface area contributed by atoms with Crippen molar-refractivity contribution < 1.29 is 5.11 Å². The Labute approximate surface area is 133 Å². The average Bonchev–Trinajstić information content (AvgIpc) is 2.56. The van der Waals surface area contributed by atoms with Crippen molar-refractivity contribution in [3.63, 3.8) is 0 Å². The molecule has 2 heteroatoms. The third-order valence-electron chi connectivity index (χ3n) is 4.62. The predicted octanol–water partition coefficient (Wildman–Crippen LogP) is 5.09. The first kappa shape index (κ1) is 16.2. The van der Waals surface area contributed by atoms with E-state index in [0.29, 0.717) is 0 Å². The van der Waals surface area contributed by atoms with Crippen molar-refractivity contribution in [3.8, 4) is 17.6 Å². The summed E-state index contributed by atoms with van der Waals surface area (Å²) in [5, 5.41) is 9.26. The van der Waals surface area contributed by atoms with Crippen LogP contribution >= 0.6 is 0 Å². The van der Waals surface area contributed by atoms with Crippen molar-refractivity contribution in [2.75, 3.05) is 0 Å². The minimum absolute atomic E-state index is 0. The molecule has 0 unspecified atom stereocenters. The largest absolute Gasteiger partial charge is 0.508 e. The summed E-state index contributed by atoms with van der Waals surface area (Å²) in [5.74, 6) is 8.22. The number of hydrogen-bond acceptors (Lipinski definition) is 1. The van der Waals surface area contributed by atoms with E-state index in [4.69, 9.17) is 0 Å². The van der Waals surface area contributed by atoms with E-state index < -0.39 is 0 Å². The van der Waals surface area contributed by atoms with Crippen LogP contribution in [-0.4, -0.2) is 5.11 Å². The molecule has 0 aliphatic heterocycles. The van der Waals surface area contributed by atoms with Crippen LogP contribution in [0.1, 0.15) is 55.2 Å². The average molecular weight is 537 g/mol. The molecule has 0 radical (unpaired) electrons. The third-order valence-corrected chi connectivity index (χ3v) is 4.62. The van der Waals surface area contributed by atoms with E-state index in [-0.39, 0.29) is 5.75 Å². The molecule has 1 saturated carbocycles. The number of aromatic hydroxyl groups is 1. The van der Waals surface area contributed by atoms with Gasteiger partial charge in [0.15, 0.2) is 0 Å². The number of benzene rings is 2. The Morgan fingerprint density at radius 3 is 1.78 bits per heavy atom. The van der Waals surface area contributed by atoms with Gasteiger partial charge in [-0.3, -0.25) is 0 Å². The zero-order chi connectivity index (χ0) is 15.4. The summed E-state index contributed by atoms with van der Waals surface area (Å²) in [5.41, 5.74) is 3.42. The Kier molecular flexibility index (Phi) is 5.05. The second-order valence-electron chi connectivity index (χ2n) is 6.38. The minimum atomic E-state index is 0. The first-order valence-corrected chi connectivity index (χ1v) is 8.12. The topological polar surface area (TPSA) is 20.2 Å². The van der Waals surface area contributed by atoms with Crippen LogP contribution in [-0.2, 0) is 0 Å². The van der Waals surface area contributed by atoms with Gasteiger partial charge in [0, 0.05) is 11.1 Å². The Morgan fingerprint density at radius 2 is 1.26 bits per heavy atom. The van der Waals surface area contributed by atoms with Gasteiger partial charge in [0.25, 0.3) is 0 Å². The van der Waals surface area contributed by atoms with E-state index in [9.17, 15) is 5.11 Å². The van der Waals surface area contributed by atoms with E-state index in [0.717, 1.165) is 23.0 Å². The monoisotopic (exact) mass is 533 g/mol. The molecule has 0 spiro atoms. The molecule has 1 N–H and O–H groups in total. The van der Waals surface area contributed by atoms with Gasteiger partial charge in [0.05, 0.1) is 0 Å². The van der Waals surface area contributed by atoms with E-state index >= 15 is 0 Å². The summed E-state index contributed by atoms with van der Waals surface area (Å²) < 4.78 is 0. The van der Waals surface area contributed by atoms with Gasteiger partial charge < -0.3 is 5.11 Å². The summed E-state index contributed by atoms with van der Waals surface area (Å²) in [4.78, 5) is 0. The maximum atomic E-state index is 9.26. The Balaban J connectivity index is 0.00000192. The molecule has 0 heterocycles. The standard InChI is InChI=1S/C21H22O.Cm/c1-16-2-10-19(11-3-16)20-12-6-17(7-13-20)4-5-18-8-14-21(22)15-9-18;/h6-9,12-16,19,22H,2-3,10-11H2,1H3;. The van der Waals surface area contributed by atoms with E-state index in [2.05, 4.69) is 43.0 Å². The van der Waals surface area contributed by atoms with E-state index in [1.54, 1.807) is 12.1 Å². The van der Waals surface area contributed by atoms with Crippen LogP contribution in [0, 0.1) is 17.8 Å². The fourth-order valence-corrected chi connectivity index (χ4v) is 3.12. The first-order valence-electron chi connectivity index (χ1n) is 8.12. The van der Waals surface area contributed by atoms with Crippen LogP contribution in [0.4, 0.5) is 0 Å². The maximum Gasteiger partial charge on any atom is 0.115 e. The molecule has 0 amide bonds. The fraction of sp³-hybridized carbons (Fsp3) is 0.333. The van der Waals surface area contributed by atoms with E-state index in [1.165, 1.54) is 31.2 Å². The van der Waals surface area contributed by atoms with Crippen molar-refractivity contribution >= 4 is 0 Å². The van der Waals surface area contributed by atoms with Gasteiger partial charge in [0.1, 0.15) is 5.75 Å². The zero-order valence-corrected chi connectivity index (χ0v) is 16.3. The van der Waals surface area contributed by atoms with Crippen LogP contribution in [0.5, 0.6) is 5.75 Å². The molecule has 0 atom stereocenters. The molecular weight excluding hydrogens is 515 g/mol. The Hall–Kier alpha value is -3.20. The van der Waals surface area contributed by atoms with Gasteiger partial charge in [-0.2, -0.15) is 0 Å². The maximum absolute atomic E-state index is 9.26. The molecule has 120 valence electrons. The summed E-state index contributed by atoms with van der Waals surface area (Å²) in [7, 11) is 0. The summed E-state index contributed by atoms with van der Waals surface area (Å²) >= 11 is 0. The van der Waals surface area contributed by atoms with E-state index in [1.807, 2.05) is 12.1 Å². The van der Waals surface area contributed by atoms with Crippen LogP contribution in [0.15, 0.2) is 48.5 Å². The molecule has 1 aliphatic carbocycles. The smallest absolute Gasteiger partial charge is 0.115 e. The normalized spacial score (nSPS) is 20.0. The molecule has 1 nitrogen and oxygen atoms in total. The van der Waals surface area contributed by atoms with Gasteiger partial charge in [-0.25, -0.2) is 0 Å². The number of phenolic OH excluding ortho intramolecular Hbond substituents is 1. The zero-order valence-electron chi connectivity index (χ0n) is 13.4. The molecular formula is C21H22CmO. The van der Waals surface area contributed by atoms with Crippen molar-refractivity contribution in [3.05, 3.63) is 65.2 Å². The van der Waals surface area contributed by atoms with Crippen molar-refractivity contribution in [2.24, 2.45) is 5.92 Å². The van der Waals surface area contributed by atoms with Gasteiger partial charge in [-0.05, 0) is 66.6 Å². The SMILES string of the molecule is CC1CCC(c2ccc(C#Cc3ccc(O)cc3)cc2)CC1.[Cm]. The molecule has 0 saturated heterocycles. The molecule has 1 fully saturated rings. The van der Waals surface area contributed by atoms with Crippen LogP contribution in [0.2, 0.25) is 0 Å². The second-order valence-corrected chi connectivity index (χ2v) is 6.38. The Bertz CT molecular complexity index is 669. The Morgan fingerprint density at radius 1 is 0.783 bits per heavy atom. The van der Waals surface area contributed by atoms with Crippen molar-refractivity contribution in [1.82, 2.24) is 0 Å². The molecule has 3 rings (SSSR count). The molecule has 23 heavy (non-hydrogen) atoms. The predicted molar refractivity (Wildman–Crippen MR) is 90.9 cm³/mol. The van der Waals surface area contributed by atoms with Gasteiger partial charge in [-0.1, -0.05) is 43.7 Å². The number of phenols is 1. The quantitative estimate of drug-likeness (QED) is 0.503. The van der Waals surface area contributed by atoms with Gasteiger partial charge >= 0.3 is 0 Å². The first-order chi connectivity index (χ1) is 10.7. The molecule has 1 aliphatic rings. The molecule has 2 aromatic rings. The number of rotatable bonds is 1. The third kappa shape index (κ3) is 4.14. The molecule has 2 aromatic carbocycles. The summed E-state index contributed by atoms with van der Waals surface area (Å²) in [6.45, 7) is 2.36.